The smallest absolute Gasteiger partial charge is 0.153 e. The number of rotatable bonds is 4. The van der Waals surface area contributed by atoms with Crippen LogP contribution in [0.5, 0.6) is 0 Å². The van der Waals surface area contributed by atoms with Crippen molar-refractivity contribution >= 4 is 38.7 Å². The first-order valence-electron chi connectivity index (χ1n) is 6.73. The Labute approximate surface area is 134 Å². The Morgan fingerprint density at radius 1 is 1.18 bits per heavy atom. The summed E-state index contributed by atoms with van der Waals surface area (Å²) < 4.78 is 6.90. The molecule has 0 aromatic carbocycles. The van der Waals surface area contributed by atoms with Crippen molar-refractivity contribution in [2.45, 2.75) is 13.5 Å². The molecule has 1 N–H and O–H groups in total. The maximum Gasteiger partial charge on any atom is 0.153 e. The fourth-order valence-electron chi connectivity index (χ4n) is 2.17. The van der Waals surface area contributed by atoms with Crippen LogP contribution < -0.4 is 5.32 Å². The molecule has 0 aliphatic heterocycles. The molecule has 110 valence electrons. The fourth-order valence-corrected chi connectivity index (χ4v) is 3.59. The quantitative estimate of drug-likeness (QED) is 0.604. The SMILES string of the molecule is Cc1nc(-c2ccc(CNc3ncnc4ccsc34)o2)cs1. The molecular formula is C15H12N4OS2. The Hall–Kier alpha value is -2.25. The van der Waals surface area contributed by atoms with Gasteiger partial charge in [0.2, 0.25) is 0 Å². The molecule has 4 aromatic heterocycles. The Balaban J connectivity index is 1.52. The van der Waals surface area contributed by atoms with Crippen molar-refractivity contribution in [1.29, 1.82) is 0 Å². The normalized spacial score (nSPS) is 11.1. The number of nitrogens with one attached hydrogen (secondary N) is 1. The van der Waals surface area contributed by atoms with Crippen LogP contribution >= 0.6 is 22.7 Å². The van der Waals surface area contributed by atoms with Crippen LogP contribution in [0.25, 0.3) is 21.7 Å². The van der Waals surface area contributed by atoms with Crippen LogP contribution in [0.15, 0.2) is 39.7 Å². The molecule has 0 fully saturated rings. The second-order valence-corrected chi connectivity index (χ2v) is 6.71. The molecule has 5 nitrogen and oxygen atoms in total. The lowest BCUT2D eigenvalue weighted by Crippen LogP contribution is -2.00. The third kappa shape index (κ3) is 2.49. The Morgan fingerprint density at radius 3 is 3.00 bits per heavy atom. The van der Waals surface area contributed by atoms with E-state index in [-0.39, 0.29) is 0 Å². The van der Waals surface area contributed by atoms with Crippen LogP contribution in [-0.2, 0) is 6.54 Å². The standard InChI is InChI=1S/C15H12N4OS2/c1-9-19-12(7-22-9)13-3-2-10(20-13)6-16-15-14-11(4-5-21-14)17-8-18-15/h2-5,7-8H,6H2,1H3,(H,16,17,18). The van der Waals surface area contributed by atoms with Gasteiger partial charge >= 0.3 is 0 Å². The van der Waals surface area contributed by atoms with Crippen molar-refractivity contribution in [1.82, 2.24) is 15.0 Å². The summed E-state index contributed by atoms with van der Waals surface area (Å²) in [6.07, 6.45) is 1.57. The highest BCUT2D eigenvalue weighted by Crippen LogP contribution is 2.27. The largest absolute Gasteiger partial charge is 0.458 e. The molecule has 4 aromatic rings. The van der Waals surface area contributed by atoms with Gasteiger partial charge in [0, 0.05) is 5.38 Å². The topological polar surface area (TPSA) is 63.8 Å². The summed E-state index contributed by atoms with van der Waals surface area (Å²) in [5, 5.41) is 8.36. The number of hydrogen-bond acceptors (Lipinski definition) is 7. The number of anilines is 1. The van der Waals surface area contributed by atoms with E-state index in [2.05, 4.69) is 20.3 Å². The van der Waals surface area contributed by atoms with Gasteiger partial charge in [-0.25, -0.2) is 15.0 Å². The molecule has 0 saturated carbocycles. The molecule has 0 bridgehead atoms. The van der Waals surface area contributed by atoms with Gasteiger partial charge in [-0.2, -0.15) is 0 Å². The van der Waals surface area contributed by atoms with Crippen LogP contribution in [0, 0.1) is 6.92 Å². The van der Waals surface area contributed by atoms with Gasteiger partial charge in [-0.05, 0) is 30.5 Å². The molecule has 4 heterocycles. The van der Waals surface area contributed by atoms with E-state index in [0.717, 1.165) is 38.3 Å². The van der Waals surface area contributed by atoms with E-state index < -0.39 is 0 Å². The number of fused-ring (bicyclic) bond motifs is 1. The maximum atomic E-state index is 5.84. The third-order valence-electron chi connectivity index (χ3n) is 3.21. The van der Waals surface area contributed by atoms with Crippen LogP contribution in [0.4, 0.5) is 5.82 Å². The van der Waals surface area contributed by atoms with E-state index in [9.17, 15) is 0 Å². The summed E-state index contributed by atoms with van der Waals surface area (Å²) in [6.45, 7) is 2.56. The lowest BCUT2D eigenvalue weighted by molar-refractivity contribution is 0.529. The van der Waals surface area contributed by atoms with E-state index in [1.54, 1.807) is 29.0 Å². The van der Waals surface area contributed by atoms with Gasteiger partial charge in [0.15, 0.2) is 5.76 Å². The Morgan fingerprint density at radius 2 is 2.14 bits per heavy atom. The van der Waals surface area contributed by atoms with Gasteiger partial charge in [-0.1, -0.05) is 0 Å². The average Bonchev–Trinajstić information content (AvgIpc) is 3.24. The van der Waals surface area contributed by atoms with Crippen LogP contribution in [0.2, 0.25) is 0 Å². The highest BCUT2D eigenvalue weighted by atomic mass is 32.1. The first-order chi connectivity index (χ1) is 10.8. The first-order valence-corrected chi connectivity index (χ1v) is 8.49. The first kappa shape index (κ1) is 13.4. The van der Waals surface area contributed by atoms with E-state index in [4.69, 9.17) is 4.42 Å². The summed E-state index contributed by atoms with van der Waals surface area (Å²) in [6, 6.07) is 5.90. The number of thiophene rings is 1. The minimum absolute atomic E-state index is 0.577. The zero-order valence-electron chi connectivity index (χ0n) is 11.7. The Kier molecular flexibility index (Phi) is 3.36. The van der Waals surface area contributed by atoms with Crippen molar-refractivity contribution < 1.29 is 4.42 Å². The van der Waals surface area contributed by atoms with Gasteiger partial charge in [0.1, 0.15) is 23.6 Å². The van der Waals surface area contributed by atoms with E-state index in [0.29, 0.717) is 6.54 Å². The van der Waals surface area contributed by atoms with Crippen molar-refractivity contribution in [3.8, 4) is 11.5 Å². The van der Waals surface area contributed by atoms with E-state index >= 15 is 0 Å². The molecule has 0 radical (unpaired) electrons. The van der Waals surface area contributed by atoms with Crippen molar-refractivity contribution in [3.63, 3.8) is 0 Å². The van der Waals surface area contributed by atoms with Crippen molar-refractivity contribution in [3.05, 3.63) is 46.1 Å². The fraction of sp³-hybridized carbons (Fsp3) is 0.133. The third-order valence-corrected chi connectivity index (χ3v) is 4.89. The average molecular weight is 328 g/mol. The number of hydrogen-bond donors (Lipinski definition) is 1. The van der Waals surface area contributed by atoms with Crippen LogP contribution in [0.3, 0.4) is 0 Å². The predicted molar refractivity (Wildman–Crippen MR) is 89.3 cm³/mol. The molecule has 22 heavy (non-hydrogen) atoms. The predicted octanol–water partition coefficient (Wildman–Crippen LogP) is 4.33. The zero-order chi connectivity index (χ0) is 14.9. The maximum absolute atomic E-state index is 5.84. The zero-order valence-corrected chi connectivity index (χ0v) is 13.4. The monoisotopic (exact) mass is 328 g/mol. The molecule has 7 heteroatoms. The number of furan rings is 1. The van der Waals surface area contributed by atoms with E-state index in [1.165, 1.54) is 0 Å². The number of aromatic nitrogens is 3. The van der Waals surface area contributed by atoms with Crippen LogP contribution in [-0.4, -0.2) is 15.0 Å². The lowest BCUT2D eigenvalue weighted by Gasteiger charge is -2.03. The molecule has 0 aliphatic carbocycles. The summed E-state index contributed by atoms with van der Waals surface area (Å²) in [7, 11) is 0. The van der Waals surface area contributed by atoms with Crippen LogP contribution in [0.1, 0.15) is 10.8 Å². The summed E-state index contributed by atoms with van der Waals surface area (Å²) in [4.78, 5) is 13.0. The molecule has 0 spiro atoms. The molecule has 0 aliphatic rings. The highest BCUT2D eigenvalue weighted by Gasteiger charge is 2.09. The molecule has 0 atom stereocenters. The van der Waals surface area contributed by atoms with Gasteiger partial charge in [0.25, 0.3) is 0 Å². The molecular weight excluding hydrogens is 316 g/mol. The number of aryl methyl sites for hydroxylation is 1. The summed E-state index contributed by atoms with van der Waals surface area (Å²) >= 11 is 3.25. The number of thiazole rings is 1. The minimum atomic E-state index is 0.577. The lowest BCUT2D eigenvalue weighted by atomic mass is 10.3. The molecule has 0 amide bonds. The second-order valence-electron chi connectivity index (χ2n) is 4.73. The van der Waals surface area contributed by atoms with Gasteiger partial charge in [-0.15, -0.1) is 22.7 Å². The van der Waals surface area contributed by atoms with E-state index in [1.807, 2.05) is 35.9 Å². The molecule has 0 unspecified atom stereocenters. The molecule has 4 rings (SSSR count). The second kappa shape index (κ2) is 5.51. The van der Waals surface area contributed by atoms with Gasteiger partial charge in [0.05, 0.1) is 21.8 Å². The van der Waals surface area contributed by atoms with Gasteiger partial charge < -0.3 is 9.73 Å². The highest BCUT2D eigenvalue weighted by molar-refractivity contribution is 7.17. The van der Waals surface area contributed by atoms with Gasteiger partial charge in [-0.3, -0.25) is 0 Å². The van der Waals surface area contributed by atoms with Crippen molar-refractivity contribution in [2.75, 3.05) is 5.32 Å². The summed E-state index contributed by atoms with van der Waals surface area (Å²) in [5.74, 6) is 2.48. The minimum Gasteiger partial charge on any atom is -0.458 e. The summed E-state index contributed by atoms with van der Waals surface area (Å²) in [5.41, 5.74) is 1.84. The molecule has 0 saturated heterocycles. The Bertz CT molecular complexity index is 924. The van der Waals surface area contributed by atoms with Crippen molar-refractivity contribution in [2.24, 2.45) is 0 Å². The number of nitrogens with zero attached hydrogens (tertiary/aromatic N) is 3.